The Kier molecular flexibility index (Phi) is 6.98. The lowest BCUT2D eigenvalue weighted by Gasteiger charge is -2.11. The van der Waals surface area contributed by atoms with E-state index in [2.05, 4.69) is 5.32 Å². The van der Waals surface area contributed by atoms with Gasteiger partial charge in [0, 0.05) is 38.2 Å². The molecule has 8 nitrogen and oxygen atoms in total. The summed E-state index contributed by atoms with van der Waals surface area (Å²) in [5.41, 5.74) is -0.199. The predicted molar refractivity (Wildman–Crippen MR) is 70.9 cm³/mol. The number of nitrogens with zero attached hydrogens (tertiary/aromatic N) is 1. The summed E-state index contributed by atoms with van der Waals surface area (Å²) in [6, 6.07) is -0.779. The number of aliphatic carboxylic acids is 1. The lowest BCUT2D eigenvalue weighted by atomic mass is 10.1. The number of rotatable bonds is 5. The second-order valence-electron chi connectivity index (χ2n) is 4.30. The van der Waals surface area contributed by atoms with E-state index in [0.29, 0.717) is 0 Å². The van der Waals surface area contributed by atoms with Crippen LogP contribution >= 0.6 is 0 Å². The molecule has 0 heterocycles. The van der Waals surface area contributed by atoms with Crippen molar-refractivity contribution in [1.29, 1.82) is 0 Å². The molecule has 3 N–H and O–H groups in total. The molecular weight excluding hydrogens is 266 g/mol. The Morgan fingerprint density at radius 1 is 1.05 bits per heavy atom. The van der Waals surface area contributed by atoms with Crippen LogP contribution in [-0.4, -0.2) is 54.5 Å². The Morgan fingerprint density at radius 3 is 2.05 bits per heavy atom. The fourth-order valence-electron chi connectivity index (χ4n) is 1.08. The first-order valence-corrected chi connectivity index (χ1v) is 5.87. The van der Waals surface area contributed by atoms with Crippen molar-refractivity contribution in [2.75, 3.05) is 20.6 Å². The predicted octanol–water partition coefficient (Wildman–Crippen LogP) is -0.288. The van der Waals surface area contributed by atoms with Crippen molar-refractivity contribution in [3.8, 4) is 0 Å². The lowest BCUT2D eigenvalue weighted by Crippen LogP contribution is -2.41. The van der Waals surface area contributed by atoms with Crippen LogP contribution in [0.3, 0.4) is 0 Å². The van der Waals surface area contributed by atoms with E-state index in [-0.39, 0.29) is 30.0 Å². The summed E-state index contributed by atoms with van der Waals surface area (Å²) in [6.45, 7) is 2.66. The van der Waals surface area contributed by atoms with Gasteiger partial charge in [-0.1, -0.05) is 0 Å². The fraction of sp³-hybridized carbons (Fsp3) is 0.500. The molecule has 0 rings (SSSR count). The zero-order valence-corrected chi connectivity index (χ0v) is 11.9. The van der Waals surface area contributed by atoms with Crippen LogP contribution in [0.5, 0.6) is 0 Å². The molecule has 0 aromatic carbocycles. The van der Waals surface area contributed by atoms with Gasteiger partial charge in [-0.15, -0.1) is 0 Å². The number of nitrogens with one attached hydrogen (secondary N) is 2. The van der Waals surface area contributed by atoms with Crippen molar-refractivity contribution in [2.24, 2.45) is 0 Å². The molecule has 0 unspecified atom stereocenters. The smallest absolute Gasteiger partial charge is 0.331 e. The Morgan fingerprint density at radius 2 is 1.60 bits per heavy atom. The number of carboxylic acid groups (broad SMARTS) is 1. The van der Waals surface area contributed by atoms with E-state index in [4.69, 9.17) is 5.11 Å². The van der Waals surface area contributed by atoms with Crippen molar-refractivity contribution >= 4 is 23.8 Å². The molecule has 0 atom stereocenters. The van der Waals surface area contributed by atoms with Gasteiger partial charge < -0.3 is 15.3 Å². The zero-order valence-electron chi connectivity index (χ0n) is 11.9. The molecule has 20 heavy (non-hydrogen) atoms. The second kappa shape index (κ2) is 7.93. The normalized spacial score (nSPS) is 11.2. The average molecular weight is 285 g/mol. The third-order valence-corrected chi connectivity index (χ3v) is 2.57. The third-order valence-electron chi connectivity index (χ3n) is 2.57. The van der Waals surface area contributed by atoms with E-state index >= 15 is 0 Å². The number of hydrogen-bond acceptors (Lipinski definition) is 4. The molecule has 112 valence electrons. The monoisotopic (exact) mass is 285 g/mol. The molecule has 0 aliphatic carbocycles. The quantitative estimate of drug-likeness (QED) is 0.600. The van der Waals surface area contributed by atoms with Gasteiger partial charge in [0.05, 0.1) is 0 Å². The van der Waals surface area contributed by atoms with Gasteiger partial charge in [0.25, 0.3) is 5.91 Å². The Bertz CT molecular complexity index is 454. The summed E-state index contributed by atoms with van der Waals surface area (Å²) in [5, 5.41) is 13.0. The minimum absolute atomic E-state index is 0.0583. The van der Waals surface area contributed by atoms with Crippen LogP contribution in [0.1, 0.15) is 20.3 Å². The first-order chi connectivity index (χ1) is 9.16. The summed E-state index contributed by atoms with van der Waals surface area (Å²) in [5.74, 6) is -2.18. The molecule has 0 bridgehead atoms. The van der Waals surface area contributed by atoms with Gasteiger partial charge >= 0.3 is 12.0 Å². The van der Waals surface area contributed by atoms with Crippen LogP contribution in [0.15, 0.2) is 11.1 Å². The van der Waals surface area contributed by atoms with Crippen LogP contribution in [0.25, 0.3) is 0 Å². The standard InChI is InChI=1S/C12H19N3O5/c1-7(8(2)11(18)19)10(17)14-12(20)13-6-5-9(16)15(3)4/h5-6H2,1-4H3,(H,18,19)(H2,13,14,17,20). The van der Waals surface area contributed by atoms with Crippen LogP contribution in [0, 0.1) is 0 Å². The summed E-state index contributed by atoms with van der Waals surface area (Å²) in [6.07, 6.45) is 0.109. The summed E-state index contributed by atoms with van der Waals surface area (Å²) < 4.78 is 0. The molecule has 8 heteroatoms. The first-order valence-electron chi connectivity index (χ1n) is 5.87. The van der Waals surface area contributed by atoms with Crippen LogP contribution in [0.2, 0.25) is 0 Å². The summed E-state index contributed by atoms with van der Waals surface area (Å²) in [7, 11) is 3.18. The van der Waals surface area contributed by atoms with Crippen molar-refractivity contribution < 1.29 is 24.3 Å². The maximum atomic E-state index is 11.5. The second-order valence-corrected chi connectivity index (χ2v) is 4.30. The summed E-state index contributed by atoms with van der Waals surface area (Å²) >= 11 is 0. The Balaban J connectivity index is 4.29. The zero-order chi connectivity index (χ0) is 15.9. The molecular formula is C12H19N3O5. The fourth-order valence-corrected chi connectivity index (χ4v) is 1.08. The Labute approximate surface area is 116 Å². The SMILES string of the molecule is CC(C(=O)O)=C(C)C(=O)NC(=O)NCCC(=O)N(C)C. The van der Waals surface area contributed by atoms with Gasteiger partial charge in [0.15, 0.2) is 0 Å². The maximum absolute atomic E-state index is 11.5. The van der Waals surface area contributed by atoms with Gasteiger partial charge in [0.1, 0.15) is 0 Å². The molecule has 4 amide bonds. The van der Waals surface area contributed by atoms with E-state index in [9.17, 15) is 19.2 Å². The first kappa shape index (κ1) is 17.6. The molecule has 0 aromatic rings. The molecule has 0 saturated carbocycles. The molecule has 0 saturated heterocycles. The van der Waals surface area contributed by atoms with Crippen molar-refractivity contribution in [1.82, 2.24) is 15.5 Å². The third kappa shape index (κ3) is 5.98. The van der Waals surface area contributed by atoms with Crippen molar-refractivity contribution in [3.63, 3.8) is 0 Å². The number of hydrogen-bond donors (Lipinski definition) is 3. The lowest BCUT2D eigenvalue weighted by molar-refractivity contribution is -0.133. The minimum Gasteiger partial charge on any atom is -0.478 e. The van der Waals surface area contributed by atoms with E-state index < -0.39 is 17.9 Å². The molecule has 0 radical (unpaired) electrons. The molecule has 0 aliphatic rings. The van der Waals surface area contributed by atoms with Gasteiger partial charge in [0.2, 0.25) is 5.91 Å². The van der Waals surface area contributed by atoms with E-state index in [1.165, 1.54) is 18.7 Å². The highest BCUT2D eigenvalue weighted by atomic mass is 16.4. The molecule has 0 aliphatic heterocycles. The highest BCUT2D eigenvalue weighted by molar-refractivity contribution is 6.07. The van der Waals surface area contributed by atoms with Crippen LogP contribution in [-0.2, 0) is 14.4 Å². The number of amides is 4. The molecule has 0 aromatic heterocycles. The maximum Gasteiger partial charge on any atom is 0.331 e. The van der Waals surface area contributed by atoms with Crippen LogP contribution in [0.4, 0.5) is 4.79 Å². The minimum atomic E-state index is -1.23. The van der Waals surface area contributed by atoms with Crippen LogP contribution < -0.4 is 10.6 Å². The number of imide groups is 1. The van der Waals surface area contributed by atoms with E-state index in [0.717, 1.165) is 0 Å². The van der Waals surface area contributed by atoms with Crippen molar-refractivity contribution in [3.05, 3.63) is 11.1 Å². The van der Waals surface area contributed by atoms with Gasteiger partial charge in [-0.2, -0.15) is 0 Å². The topological polar surface area (TPSA) is 116 Å². The van der Waals surface area contributed by atoms with Crippen molar-refractivity contribution in [2.45, 2.75) is 20.3 Å². The van der Waals surface area contributed by atoms with E-state index in [1.54, 1.807) is 14.1 Å². The van der Waals surface area contributed by atoms with Gasteiger partial charge in [-0.25, -0.2) is 9.59 Å². The summed E-state index contributed by atoms with van der Waals surface area (Å²) in [4.78, 5) is 46.2. The number of urea groups is 1. The molecule has 0 fully saturated rings. The average Bonchev–Trinajstić information content (AvgIpc) is 2.36. The largest absolute Gasteiger partial charge is 0.478 e. The molecule has 0 spiro atoms. The van der Waals surface area contributed by atoms with Gasteiger partial charge in [-0.05, 0) is 13.8 Å². The number of carbonyl (C=O) groups is 4. The highest BCUT2D eigenvalue weighted by Crippen LogP contribution is 2.03. The Hall–Kier alpha value is -2.38. The van der Waals surface area contributed by atoms with E-state index in [1.807, 2.05) is 5.32 Å². The number of carbonyl (C=O) groups excluding carboxylic acids is 3. The van der Waals surface area contributed by atoms with Gasteiger partial charge in [-0.3, -0.25) is 14.9 Å². The number of carboxylic acids is 1. The highest BCUT2D eigenvalue weighted by Gasteiger charge is 2.15.